The molecule has 1 unspecified atom stereocenters. The lowest BCUT2D eigenvalue weighted by Crippen LogP contribution is -2.45. The van der Waals surface area contributed by atoms with E-state index in [1.807, 2.05) is 30.3 Å². The molecule has 5 nitrogen and oxygen atoms in total. The molecular formula is C18H17Cl2NO4. The minimum absolute atomic E-state index is 0. The van der Waals surface area contributed by atoms with Gasteiger partial charge in [0, 0.05) is 11.6 Å². The highest BCUT2D eigenvalue weighted by molar-refractivity contribution is 6.31. The lowest BCUT2D eigenvalue weighted by molar-refractivity contribution is -0.125. The first-order valence-corrected chi connectivity index (χ1v) is 7.94. The zero-order chi connectivity index (χ0) is 17.3. The average molecular weight is 382 g/mol. The number of carbonyl (C=O) groups is 2. The van der Waals surface area contributed by atoms with Gasteiger partial charge >= 0.3 is 5.97 Å². The highest BCUT2D eigenvalue weighted by Crippen LogP contribution is 2.39. The zero-order valence-electron chi connectivity index (χ0n) is 13.4. The summed E-state index contributed by atoms with van der Waals surface area (Å²) in [5, 5.41) is 9.62. The van der Waals surface area contributed by atoms with Crippen LogP contribution in [0.1, 0.15) is 22.8 Å². The van der Waals surface area contributed by atoms with E-state index in [1.54, 1.807) is 17.9 Å². The van der Waals surface area contributed by atoms with E-state index < -0.39 is 12.1 Å². The van der Waals surface area contributed by atoms with Gasteiger partial charge in [0.1, 0.15) is 5.56 Å². The number of carbonyl (C=O) groups excluding carboxylic acids is 1. The van der Waals surface area contributed by atoms with Crippen molar-refractivity contribution in [3.8, 4) is 5.75 Å². The summed E-state index contributed by atoms with van der Waals surface area (Å²) < 4.78 is 5.54. The average Bonchev–Trinajstić information content (AvgIpc) is 2.56. The predicted molar refractivity (Wildman–Crippen MR) is 98.2 cm³/mol. The van der Waals surface area contributed by atoms with E-state index in [0.29, 0.717) is 18.7 Å². The Hall–Kier alpha value is -2.24. The Morgan fingerprint density at radius 2 is 1.96 bits per heavy atom. The number of amides is 1. The van der Waals surface area contributed by atoms with Gasteiger partial charge < -0.3 is 14.7 Å². The van der Waals surface area contributed by atoms with E-state index >= 15 is 0 Å². The molecule has 0 fully saturated rings. The van der Waals surface area contributed by atoms with Crippen molar-refractivity contribution in [3.05, 3.63) is 58.6 Å². The third kappa shape index (κ3) is 3.89. The van der Waals surface area contributed by atoms with E-state index in [0.717, 1.165) is 5.56 Å². The first-order valence-electron chi connectivity index (χ1n) is 7.56. The van der Waals surface area contributed by atoms with Crippen molar-refractivity contribution < 1.29 is 19.4 Å². The standard InChI is InChI=1S/C18H16ClNO4.ClH/c1-11-17(21)20(8-7-12-5-3-2-4-6-12)15-10-13(19)9-14(18(22)23)16(15)24-11;/h2-6,9-11H,7-8H2,1H3,(H,22,23);1H. The molecule has 0 bridgehead atoms. The monoisotopic (exact) mass is 381 g/mol. The van der Waals surface area contributed by atoms with E-state index in [9.17, 15) is 14.7 Å². The van der Waals surface area contributed by atoms with Crippen LogP contribution in [0.5, 0.6) is 5.75 Å². The fraction of sp³-hybridized carbons (Fsp3) is 0.222. The second-order valence-corrected chi connectivity index (χ2v) is 6.03. The third-order valence-electron chi connectivity index (χ3n) is 3.93. The fourth-order valence-corrected chi connectivity index (χ4v) is 2.96. The molecule has 2 aromatic carbocycles. The van der Waals surface area contributed by atoms with Gasteiger partial charge in [-0.25, -0.2) is 4.79 Å². The van der Waals surface area contributed by atoms with Gasteiger partial charge in [0.2, 0.25) is 0 Å². The SMILES string of the molecule is CC1Oc2c(C(=O)O)cc(Cl)cc2N(CCc2ccccc2)C1=O.Cl. The molecular weight excluding hydrogens is 365 g/mol. The second-order valence-electron chi connectivity index (χ2n) is 5.59. The molecule has 1 aliphatic heterocycles. The number of carboxylic acid groups (broad SMARTS) is 1. The number of halogens is 2. The number of hydrogen-bond acceptors (Lipinski definition) is 3. The summed E-state index contributed by atoms with van der Waals surface area (Å²) >= 11 is 6.04. The molecule has 0 aromatic heterocycles. The van der Waals surface area contributed by atoms with Gasteiger partial charge in [-0.2, -0.15) is 0 Å². The Kier molecular flexibility index (Phi) is 5.93. The maximum absolute atomic E-state index is 12.5. The maximum Gasteiger partial charge on any atom is 0.339 e. The topological polar surface area (TPSA) is 66.8 Å². The summed E-state index contributed by atoms with van der Waals surface area (Å²) in [5.74, 6) is -1.16. The molecule has 1 amide bonds. The van der Waals surface area contributed by atoms with E-state index in [-0.39, 0.29) is 34.6 Å². The van der Waals surface area contributed by atoms with Crippen LogP contribution in [0.4, 0.5) is 5.69 Å². The van der Waals surface area contributed by atoms with Gasteiger partial charge in [0.15, 0.2) is 11.9 Å². The third-order valence-corrected chi connectivity index (χ3v) is 4.15. The van der Waals surface area contributed by atoms with Gasteiger partial charge in [-0.05, 0) is 31.0 Å². The van der Waals surface area contributed by atoms with Crippen LogP contribution >= 0.6 is 24.0 Å². The van der Waals surface area contributed by atoms with Crippen molar-refractivity contribution in [1.82, 2.24) is 0 Å². The quantitative estimate of drug-likeness (QED) is 0.873. The number of ether oxygens (including phenoxy) is 1. The van der Waals surface area contributed by atoms with Crippen LogP contribution < -0.4 is 9.64 Å². The Balaban J connectivity index is 0.00000225. The van der Waals surface area contributed by atoms with Crippen LogP contribution in [0.3, 0.4) is 0 Å². The van der Waals surface area contributed by atoms with Crippen LogP contribution in [-0.2, 0) is 11.2 Å². The fourth-order valence-electron chi connectivity index (χ4n) is 2.74. The molecule has 132 valence electrons. The minimum Gasteiger partial charge on any atom is -0.478 e. The zero-order valence-corrected chi connectivity index (χ0v) is 15.0. The molecule has 0 spiro atoms. The highest BCUT2D eigenvalue weighted by Gasteiger charge is 2.34. The number of benzene rings is 2. The van der Waals surface area contributed by atoms with Crippen LogP contribution in [0.15, 0.2) is 42.5 Å². The van der Waals surface area contributed by atoms with E-state index in [4.69, 9.17) is 16.3 Å². The van der Waals surface area contributed by atoms with Crippen molar-refractivity contribution in [2.75, 3.05) is 11.4 Å². The number of rotatable bonds is 4. The van der Waals surface area contributed by atoms with Crippen LogP contribution in [0.2, 0.25) is 5.02 Å². The van der Waals surface area contributed by atoms with Crippen molar-refractivity contribution >= 4 is 41.6 Å². The minimum atomic E-state index is -1.14. The largest absolute Gasteiger partial charge is 0.478 e. The second kappa shape index (κ2) is 7.76. The van der Waals surface area contributed by atoms with Gasteiger partial charge in [-0.3, -0.25) is 4.79 Å². The number of anilines is 1. The summed E-state index contributed by atoms with van der Waals surface area (Å²) in [6, 6.07) is 12.7. The molecule has 0 saturated heterocycles. The molecule has 1 heterocycles. The molecule has 0 saturated carbocycles. The first-order chi connectivity index (χ1) is 11.5. The number of carboxylic acids is 1. The van der Waals surface area contributed by atoms with E-state index in [1.165, 1.54) is 6.07 Å². The Bertz CT molecular complexity index is 795. The number of fused-ring (bicyclic) bond motifs is 1. The molecule has 2 aromatic rings. The molecule has 1 N–H and O–H groups in total. The van der Waals surface area contributed by atoms with Crippen LogP contribution in [-0.4, -0.2) is 29.6 Å². The highest BCUT2D eigenvalue weighted by atomic mass is 35.5. The summed E-state index contributed by atoms with van der Waals surface area (Å²) in [6.45, 7) is 2.03. The molecule has 25 heavy (non-hydrogen) atoms. The Morgan fingerprint density at radius 3 is 2.60 bits per heavy atom. The predicted octanol–water partition coefficient (Wildman–Crippen LogP) is 3.82. The lowest BCUT2D eigenvalue weighted by atomic mass is 10.1. The smallest absolute Gasteiger partial charge is 0.339 e. The molecule has 7 heteroatoms. The molecule has 0 radical (unpaired) electrons. The van der Waals surface area contributed by atoms with Crippen molar-refractivity contribution in [2.45, 2.75) is 19.4 Å². The summed E-state index contributed by atoms with van der Waals surface area (Å²) in [6.07, 6.45) is -0.0965. The van der Waals surface area contributed by atoms with E-state index in [2.05, 4.69) is 0 Å². The van der Waals surface area contributed by atoms with Crippen LogP contribution in [0, 0.1) is 0 Å². The van der Waals surface area contributed by atoms with Crippen molar-refractivity contribution in [3.63, 3.8) is 0 Å². The molecule has 1 aliphatic rings. The van der Waals surface area contributed by atoms with Gasteiger partial charge in [-0.15, -0.1) is 12.4 Å². The Labute approximate surface area is 156 Å². The Morgan fingerprint density at radius 1 is 1.28 bits per heavy atom. The van der Waals surface area contributed by atoms with Crippen LogP contribution in [0.25, 0.3) is 0 Å². The number of aromatic carboxylic acids is 1. The van der Waals surface area contributed by atoms with Gasteiger partial charge in [-0.1, -0.05) is 41.9 Å². The van der Waals surface area contributed by atoms with Crippen molar-refractivity contribution in [2.24, 2.45) is 0 Å². The van der Waals surface area contributed by atoms with Gasteiger partial charge in [0.25, 0.3) is 5.91 Å². The lowest BCUT2D eigenvalue weighted by Gasteiger charge is -2.34. The molecule has 1 atom stereocenters. The normalized spacial score (nSPS) is 15.8. The number of hydrogen-bond donors (Lipinski definition) is 1. The first kappa shape index (κ1) is 19.1. The summed E-state index contributed by atoms with van der Waals surface area (Å²) in [4.78, 5) is 25.5. The van der Waals surface area contributed by atoms with Gasteiger partial charge in [0.05, 0.1) is 5.69 Å². The van der Waals surface area contributed by atoms with Crippen molar-refractivity contribution in [1.29, 1.82) is 0 Å². The maximum atomic E-state index is 12.5. The summed E-state index contributed by atoms with van der Waals surface area (Å²) in [5.41, 5.74) is 1.45. The number of nitrogens with zero attached hydrogens (tertiary/aromatic N) is 1. The summed E-state index contributed by atoms with van der Waals surface area (Å²) in [7, 11) is 0. The molecule has 3 rings (SSSR count). The molecule has 0 aliphatic carbocycles.